The van der Waals surface area contributed by atoms with Gasteiger partial charge in [-0.05, 0) is 61.1 Å². The Morgan fingerprint density at radius 3 is 2.53 bits per heavy atom. The highest BCUT2D eigenvalue weighted by Crippen LogP contribution is 2.47. The number of hydrogen-bond acceptors (Lipinski definition) is 9. The van der Waals surface area contributed by atoms with Crippen LogP contribution in [-0.4, -0.2) is 87.5 Å². The van der Waals surface area contributed by atoms with Crippen LogP contribution in [0.2, 0.25) is 5.02 Å². The number of fused-ring (bicyclic) bond motifs is 2. The fraction of sp³-hybridized carbons (Fsp3) is 0.390. The van der Waals surface area contributed by atoms with E-state index >= 15 is 0 Å². The minimum atomic E-state index is -2.94. The molecule has 13 nitrogen and oxygen atoms in total. The maximum absolute atomic E-state index is 14.0. The molecule has 3 aliphatic rings. The third-order valence-corrected chi connectivity index (χ3v) is 12.1. The molecule has 1 spiro atoms. The van der Waals surface area contributed by atoms with Gasteiger partial charge in [0.1, 0.15) is 16.9 Å². The van der Waals surface area contributed by atoms with Crippen molar-refractivity contribution in [3.05, 3.63) is 96.8 Å². The maximum atomic E-state index is 14.0. The zero-order chi connectivity index (χ0) is 40.3. The molecule has 5 heterocycles. The molecule has 2 aromatic carbocycles. The summed E-state index contributed by atoms with van der Waals surface area (Å²) in [7, 11) is 6.02. The van der Waals surface area contributed by atoms with Crippen LogP contribution in [0.4, 0.5) is 25.1 Å². The molecular formula is C41H43ClF2N8O5. The second-order valence-corrected chi connectivity index (χ2v) is 15.4. The largest absolute Gasteiger partial charge is 0.481 e. The number of carbonyl (C=O) groups is 1. The number of likely N-dealkylation sites (tertiary alicyclic amines) is 1. The smallest absolute Gasteiger partial charge is 0.330 e. The summed E-state index contributed by atoms with van der Waals surface area (Å²) in [5.74, 6) is 0.453. The standard InChI is InChI=1S/C41H43ClF2N8O5/c1-22-24(8-7-11-27(22)45-36-33-31(19-29(46-36)35(43)44)49(2)40(55)50(3)38(33)53)25-9-6-10-26(34(25)42)28-18-23-12-13-30(32(23)37(47-28)57-5)51-15-14-41(20-51)21-52(16-17-56-4)39(54)48-41/h6-11,18-19,30,35H,12-17,20-21H2,1-5H3,(H,45,46)(H,48,54)/t30-,41-/m1/s1. The van der Waals surface area contributed by atoms with Crippen molar-refractivity contribution in [3.63, 3.8) is 0 Å². The Kier molecular flexibility index (Phi) is 10.0. The summed E-state index contributed by atoms with van der Waals surface area (Å²) >= 11 is 7.24. The third kappa shape index (κ3) is 6.60. The summed E-state index contributed by atoms with van der Waals surface area (Å²) in [6.07, 6.45) is -0.353. The van der Waals surface area contributed by atoms with E-state index in [-0.39, 0.29) is 34.3 Å². The van der Waals surface area contributed by atoms with Crippen LogP contribution in [0.1, 0.15) is 47.7 Å². The van der Waals surface area contributed by atoms with Gasteiger partial charge in [-0.15, -0.1) is 0 Å². The number of amides is 2. The Balaban J connectivity index is 1.11. The van der Waals surface area contributed by atoms with E-state index in [9.17, 15) is 23.2 Å². The SMILES string of the molecule is COCCN1C[C@]2(CCN([C@@H]3CCc4cc(-c5cccc(-c6cccc(Nc7nc(C(F)F)cc8c7c(=O)n(C)c(=O)n8C)c6C)c5Cl)nc(OC)c43)C2)NC1=O. The van der Waals surface area contributed by atoms with Gasteiger partial charge in [0.2, 0.25) is 5.88 Å². The molecule has 0 unspecified atom stereocenters. The lowest BCUT2D eigenvalue weighted by molar-refractivity contribution is 0.146. The van der Waals surface area contributed by atoms with E-state index in [0.29, 0.717) is 53.1 Å². The highest BCUT2D eigenvalue weighted by Gasteiger charge is 2.49. The molecule has 2 atom stereocenters. The molecule has 2 N–H and O–H groups in total. The van der Waals surface area contributed by atoms with Gasteiger partial charge in [0, 0.05) is 75.8 Å². The van der Waals surface area contributed by atoms with Crippen LogP contribution in [0.25, 0.3) is 33.3 Å². The van der Waals surface area contributed by atoms with E-state index in [0.717, 1.165) is 69.8 Å². The monoisotopic (exact) mass is 800 g/mol. The lowest BCUT2D eigenvalue weighted by Gasteiger charge is -2.28. The van der Waals surface area contributed by atoms with Crippen molar-refractivity contribution in [1.82, 2.24) is 34.2 Å². The average molecular weight is 801 g/mol. The molecule has 3 aromatic heterocycles. The van der Waals surface area contributed by atoms with Crippen LogP contribution in [0, 0.1) is 6.92 Å². The van der Waals surface area contributed by atoms with Gasteiger partial charge in [0.05, 0.1) is 35.5 Å². The number of carbonyl (C=O) groups excluding carboxylic acids is 1. The number of ether oxygens (including phenoxy) is 2. The lowest BCUT2D eigenvalue weighted by atomic mass is 9.96. The van der Waals surface area contributed by atoms with Gasteiger partial charge in [-0.3, -0.25) is 18.8 Å². The fourth-order valence-corrected chi connectivity index (χ4v) is 9.07. The number of nitrogens with one attached hydrogen (secondary N) is 2. The first kappa shape index (κ1) is 38.5. The van der Waals surface area contributed by atoms with Crippen molar-refractivity contribution in [3.8, 4) is 28.3 Å². The molecule has 2 fully saturated rings. The quantitative estimate of drug-likeness (QED) is 0.171. The number of aromatic nitrogens is 4. The first-order chi connectivity index (χ1) is 27.3. The van der Waals surface area contributed by atoms with E-state index in [1.807, 2.05) is 36.1 Å². The van der Waals surface area contributed by atoms with E-state index in [2.05, 4.69) is 26.6 Å². The average Bonchev–Trinajstić information content (AvgIpc) is 3.91. The predicted molar refractivity (Wildman–Crippen MR) is 214 cm³/mol. The number of benzene rings is 2. The number of nitrogens with zero attached hydrogens (tertiary/aromatic N) is 6. The molecule has 8 rings (SSSR count). The molecule has 2 amide bonds. The van der Waals surface area contributed by atoms with E-state index in [4.69, 9.17) is 26.1 Å². The van der Waals surface area contributed by atoms with Crippen LogP contribution in [0.15, 0.2) is 58.1 Å². The fourth-order valence-electron chi connectivity index (χ4n) is 8.75. The summed E-state index contributed by atoms with van der Waals surface area (Å²) in [5, 5.41) is 6.85. The molecule has 0 radical (unpaired) electrons. The summed E-state index contributed by atoms with van der Waals surface area (Å²) in [5.41, 5.74) is 4.16. The topological polar surface area (TPSA) is 136 Å². The van der Waals surface area contributed by atoms with Crippen LogP contribution in [0.5, 0.6) is 5.88 Å². The van der Waals surface area contributed by atoms with Crippen LogP contribution >= 0.6 is 11.6 Å². The van der Waals surface area contributed by atoms with Crippen molar-refractivity contribution < 1.29 is 23.0 Å². The third-order valence-electron chi connectivity index (χ3n) is 11.7. The minimum absolute atomic E-state index is 0.00633. The zero-order valence-electron chi connectivity index (χ0n) is 32.3. The zero-order valence-corrected chi connectivity index (χ0v) is 33.0. The molecule has 298 valence electrons. The highest BCUT2D eigenvalue weighted by molar-refractivity contribution is 6.36. The molecule has 2 aliphatic heterocycles. The number of halogens is 3. The second-order valence-electron chi connectivity index (χ2n) is 15.1. The number of aryl methyl sites for hydroxylation is 2. The Morgan fingerprint density at radius 2 is 1.77 bits per heavy atom. The minimum Gasteiger partial charge on any atom is -0.481 e. The van der Waals surface area contributed by atoms with Gasteiger partial charge in [0.25, 0.3) is 12.0 Å². The molecular weight excluding hydrogens is 758 g/mol. The van der Waals surface area contributed by atoms with Crippen LogP contribution < -0.4 is 26.6 Å². The van der Waals surface area contributed by atoms with Gasteiger partial charge >= 0.3 is 11.7 Å². The highest BCUT2D eigenvalue weighted by atomic mass is 35.5. The van der Waals surface area contributed by atoms with Gasteiger partial charge in [0.15, 0.2) is 0 Å². The molecule has 5 aromatic rings. The summed E-state index contributed by atoms with van der Waals surface area (Å²) in [4.78, 5) is 52.2. The van der Waals surface area contributed by atoms with Crippen molar-refractivity contribution in [1.29, 1.82) is 0 Å². The van der Waals surface area contributed by atoms with Crippen LogP contribution in [-0.2, 0) is 25.3 Å². The molecule has 16 heteroatoms. The molecule has 57 heavy (non-hydrogen) atoms. The lowest BCUT2D eigenvalue weighted by Crippen LogP contribution is -2.46. The van der Waals surface area contributed by atoms with Crippen molar-refractivity contribution in [2.75, 3.05) is 52.3 Å². The van der Waals surface area contributed by atoms with E-state index in [1.54, 1.807) is 26.4 Å². The Morgan fingerprint density at radius 1 is 1.02 bits per heavy atom. The van der Waals surface area contributed by atoms with Crippen molar-refractivity contribution in [2.45, 2.75) is 44.2 Å². The number of urea groups is 1. The predicted octanol–water partition coefficient (Wildman–Crippen LogP) is 6.12. The Hall–Kier alpha value is -5.38. The molecule has 0 bridgehead atoms. The molecule has 2 saturated heterocycles. The van der Waals surface area contributed by atoms with E-state index in [1.165, 1.54) is 14.1 Å². The Bertz CT molecular complexity index is 2560. The number of alkyl halides is 2. The van der Waals surface area contributed by atoms with Gasteiger partial charge in [-0.2, -0.15) is 0 Å². The number of anilines is 2. The van der Waals surface area contributed by atoms with Crippen LogP contribution in [0.3, 0.4) is 0 Å². The first-order valence-electron chi connectivity index (χ1n) is 18.8. The van der Waals surface area contributed by atoms with Gasteiger partial charge < -0.3 is 25.0 Å². The first-order valence-corrected chi connectivity index (χ1v) is 19.1. The molecule has 0 saturated carbocycles. The number of pyridine rings is 2. The number of methoxy groups -OCH3 is 2. The normalized spacial score (nSPS) is 19.3. The number of rotatable bonds is 10. The summed E-state index contributed by atoms with van der Waals surface area (Å²) < 4.78 is 41.3. The van der Waals surface area contributed by atoms with Gasteiger partial charge in [-0.1, -0.05) is 41.9 Å². The van der Waals surface area contributed by atoms with Crippen molar-refractivity contribution in [2.24, 2.45) is 14.1 Å². The van der Waals surface area contributed by atoms with Gasteiger partial charge in [-0.25, -0.2) is 28.3 Å². The second kappa shape index (κ2) is 14.8. The number of hydrogen-bond donors (Lipinski definition) is 2. The molecule has 1 aliphatic carbocycles. The van der Waals surface area contributed by atoms with E-state index < -0.39 is 23.4 Å². The summed E-state index contributed by atoms with van der Waals surface area (Å²) in [6, 6.07) is 14.4. The van der Waals surface area contributed by atoms with Crippen molar-refractivity contribution >= 4 is 40.0 Å². The Labute approximate surface area is 332 Å². The maximum Gasteiger partial charge on any atom is 0.330 e. The summed E-state index contributed by atoms with van der Waals surface area (Å²) in [6.45, 7) is 5.14.